The molecule has 108 valence electrons. The summed E-state index contributed by atoms with van der Waals surface area (Å²) in [6.45, 7) is 2.19. The monoisotopic (exact) mass is 282 g/mol. The zero-order valence-corrected chi connectivity index (χ0v) is 12.0. The van der Waals surface area contributed by atoms with Crippen LogP contribution in [0.2, 0.25) is 0 Å². The molecule has 3 aromatic rings. The van der Waals surface area contributed by atoms with Crippen LogP contribution in [0.15, 0.2) is 35.3 Å². The highest BCUT2D eigenvalue weighted by atomic mass is 16.1. The quantitative estimate of drug-likeness (QED) is 0.744. The first-order valence-electron chi connectivity index (χ1n) is 7.41. The Kier molecular flexibility index (Phi) is 2.82. The van der Waals surface area contributed by atoms with Gasteiger partial charge in [0.15, 0.2) is 5.65 Å². The van der Waals surface area contributed by atoms with E-state index < -0.39 is 0 Å². The second-order valence-corrected chi connectivity index (χ2v) is 5.91. The molecule has 1 aliphatic rings. The summed E-state index contributed by atoms with van der Waals surface area (Å²) in [5, 5.41) is 7.36. The number of H-pyrrole nitrogens is 1. The topological polar surface area (TPSA) is 53.9 Å². The predicted octanol–water partition coefficient (Wildman–Crippen LogP) is 2.14. The lowest BCUT2D eigenvalue weighted by Crippen LogP contribution is -2.31. The molecule has 5 nitrogen and oxygen atoms in total. The molecule has 0 amide bonds. The van der Waals surface area contributed by atoms with Gasteiger partial charge >= 0.3 is 0 Å². The van der Waals surface area contributed by atoms with E-state index in [1.165, 1.54) is 0 Å². The van der Waals surface area contributed by atoms with Crippen LogP contribution in [-0.2, 0) is 0 Å². The molecule has 1 aromatic carbocycles. The van der Waals surface area contributed by atoms with E-state index in [1.54, 1.807) is 0 Å². The van der Waals surface area contributed by atoms with Gasteiger partial charge in [0, 0.05) is 17.0 Å². The highest BCUT2D eigenvalue weighted by Crippen LogP contribution is 2.25. The molecule has 0 spiro atoms. The van der Waals surface area contributed by atoms with E-state index in [0.717, 1.165) is 42.1 Å². The molecular formula is C16H18N4O. The van der Waals surface area contributed by atoms with Gasteiger partial charge in [-0.25, -0.2) is 0 Å². The Morgan fingerprint density at radius 1 is 1.14 bits per heavy atom. The SMILES string of the molecule is CN1CCC(n2cc3c(n2)[nH]c(=O)c2ccccc23)CC1. The number of piperidine rings is 1. The Morgan fingerprint density at radius 3 is 2.62 bits per heavy atom. The van der Waals surface area contributed by atoms with Crippen molar-refractivity contribution in [3.8, 4) is 0 Å². The van der Waals surface area contributed by atoms with Crippen molar-refractivity contribution in [2.45, 2.75) is 18.9 Å². The van der Waals surface area contributed by atoms with Crippen LogP contribution < -0.4 is 5.56 Å². The molecule has 0 atom stereocenters. The summed E-state index contributed by atoms with van der Waals surface area (Å²) in [5.41, 5.74) is 0.629. The van der Waals surface area contributed by atoms with Crippen LogP contribution in [-0.4, -0.2) is 39.8 Å². The first kappa shape index (κ1) is 12.6. The zero-order chi connectivity index (χ0) is 14.4. The Bertz CT molecular complexity index is 855. The number of fused-ring (bicyclic) bond motifs is 3. The maximum atomic E-state index is 12.1. The summed E-state index contributed by atoms with van der Waals surface area (Å²) >= 11 is 0. The molecule has 0 radical (unpaired) electrons. The van der Waals surface area contributed by atoms with E-state index in [1.807, 2.05) is 28.9 Å². The number of nitrogens with zero attached hydrogens (tertiary/aromatic N) is 3. The fourth-order valence-corrected chi connectivity index (χ4v) is 3.22. The number of aromatic nitrogens is 3. The predicted molar refractivity (Wildman–Crippen MR) is 83.6 cm³/mol. The number of aromatic amines is 1. The minimum atomic E-state index is -0.0632. The number of benzene rings is 1. The third kappa shape index (κ3) is 2.05. The van der Waals surface area contributed by atoms with Crippen LogP contribution in [0.4, 0.5) is 0 Å². The van der Waals surface area contributed by atoms with Gasteiger partial charge in [-0.05, 0) is 44.4 Å². The van der Waals surface area contributed by atoms with Gasteiger partial charge in [-0.3, -0.25) is 9.48 Å². The van der Waals surface area contributed by atoms with Crippen LogP contribution in [0, 0.1) is 0 Å². The molecule has 21 heavy (non-hydrogen) atoms. The average Bonchev–Trinajstić information content (AvgIpc) is 2.92. The second kappa shape index (κ2) is 4.70. The lowest BCUT2D eigenvalue weighted by Gasteiger charge is -2.28. The molecule has 1 N–H and O–H groups in total. The number of hydrogen-bond acceptors (Lipinski definition) is 3. The van der Waals surface area contributed by atoms with Gasteiger partial charge in [-0.1, -0.05) is 18.2 Å². The summed E-state index contributed by atoms with van der Waals surface area (Å²) in [5.74, 6) is 0. The van der Waals surface area contributed by atoms with Crippen LogP contribution in [0.1, 0.15) is 18.9 Å². The average molecular weight is 282 g/mol. The van der Waals surface area contributed by atoms with Crippen LogP contribution in [0.5, 0.6) is 0 Å². The van der Waals surface area contributed by atoms with Gasteiger partial charge in [-0.2, -0.15) is 5.10 Å². The van der Waals surface area contributed by atoms with E-state index in [0.29, 0.717) is 11.7 Å². The van der Waals surface area contributed by atoms with E-state index in [9.17, 15) is 4.79 Å². The molecule has 1 aliphatic heterocycles. The van der Waals surface area contributed by atoms with Gasteiger partial charge in [0.2, 0.25) is 0 Å². The molecule has 5 heteroatoms. The molecule has 3 heterocycles. The lowest BCUT2D eigenvalue weighted by molar-refractivity contribution is 0.213. The largest absolute Gasteiger partial charge is 0.306 e. The number of pyridine rings is 1. The van der Waals surface area contributed by atoms with Gasteiger partial charge < -0.3 is 9.88 Å². The lowest BCUT2D eigenvalue weighted by atomic mass is 10.1. The highest BCUT2D eigenvalue weighted by Gasteiger charge is 2.20. The highest BCUT2D eigenvalue weighted by molar-refractivity contribution is 6.03. The Labute approximate surface area is 122 Å². The van der Waals surface area contributed by atoms with Crippen molar-refractivity contribution in [1.29, 1.82) is 0 Å². The normalized spacial score (nSPS) is 17.8. The molecule has 1 saturated heterocycles. The summed E-state index contributed by atoms with van der Waals surface area (Å²) < 4.78 is 2.04. The number of nitrogens with one attached hydrogen (secondary N) is 1. The number of hydrogen-bond donors (Lipinski definition) is 1. The zero-order valence-electron chi connectivity index (χ0n) is 12.0. The van der Waals surface area contributed by atoms with E-state index in [4.69, 9.17) is 0 Å². The molecule has 1 fully saturated rings. The summed E-state index contributed by atoms with van der Waals surface area (Å²) in [7, 11) is 2.15. The summed E-state index contributed by atoms with van der Waals surface area (Å²) in [4.78, 5) is 17.4. The molecule has 4 rings (SSSR count). The minimum Gasteiger partial charge on any atom is -0.306 e. The van der Waals surface area contributed by atoms with Crippen molar-refractivity contribution in [2.75, 3.05) is 20.1 Å². The second-order valence-electron chi connectivity index (χ2n) is 5.91. The molecule has 0 saturated carbocycles. The molecular weight excluding hydrogens is 264 g/mol. The minimum absolute atomic E-state index is 0.0632. The fraction of sp³-hybridized carbons (Fsp3) is 0.375. The van der Waals surface area contributed by atoms with Gasteiger partial charge in [0.1, 0.15) is 0 Å². The van der Waals surface area contributed by atoms with Crippen LogP contribution in [0.3, 0.4) is 0 Å². The molecule has 2 aromatic heterocycles. The van der Waals surface area contributed by atoms with Crippen molar-refractivity contribution in [1.82, 2.24) is 19.7 Å². The van der Waals surface area contributed by atoms with Crippen molar-refractivity contribution in [3.63, 3.8) is 0 Å². The first-order chi connectivity index (χ1) is 10.2. The Morgan fingerprint density at radius 2 is 1.86 bits per heavy atom. The van der Waals surface area contributed by atoms with Gasteiger partial charge in [0.25, 0.3) is 5.56 Å². The van der Waals surface area contributed by atoms with E-state index in [-0.39, 0.29) is 5.56 Å². The summed E-state index contributed by atoms with van der Waals surface area (Å²) in [6.07, 6.45) is 4.29. The maximum Gasteiger partial charge on any atom is 0.257 e. The third-order valence-electron chi connectivity index (χ3n) is 4.49. The first-order valence-corrected chi connectivity index (χ1v) is 7.41. The van der Waals surface area contributed by atoms with Crippen molar-refractivity contribution in [3.05, 3.63) is 40.8 Å². The van der Waals surface area contributed by atoms with E-state index in [2.05, 4.69) is 28.2 Å². The third-order valence-corrected chi connectivity index (χ3v) is 4.49. The maximum absolute atomic E-state index is 12.1. The molecule has 0 unspecified atom stereocenters. The fourth-order valence-electron chi connectivity index (χ4n) is 3.22. The van der Waals surface area contributed by atoms with Crippen LogP contribution in [0.25, 0.3) is 21.8 Å². The smallest absolute Gasteiger partial charge is 0.257 e. The van der Waals surface area contributed by atoms with Gasteiger partial charge in [0.05, 0.1) is 6.04 Å². The van der Waals surface area contributed by atoms with Crippen molar-refractivity contribution in [2.24, 2.45) is 0 Å². The van der Waals surface area contributed by atoms with Crippen molar-refractivity contribution >= 4 is 21.8 Å². The summed E-state index contributed by atoms with van der Waals surface area (Å²) in [6, 6.07) is 8.14. The van der Waals surface area contributed by atoms with Gasteiger partial charge in [-0.15, -0.1) is 0 Å². The van der Waals surface area contributed by atoms with Crippen molar-refractivity contribution < 1.29 is 0 Å². The standard InChI is InChI=1S/C16H18N4O/c1-19-8-6-11(7-9-19)20-10-14-12-4-2-3-5-13(12)16(21)17-15(14)18-20/h2-5,10-11H,6-9H2,1H3,(H,17,18,21). The number of likely N-dealkylation sites (tertiary alicyclic amines) is 1. The van der Waals surface area contributed by atoms with E-state index >= 15 is 0 Å². The number of rotatable bonds is 1. The Balaban J connectivity index is 1.86. The van der Waals surface area contributed by atoms with Crippen LogP contribution >= 0.6 is 0 Å². The Hall–Kier alpha value is -2.14. The molecule has 0 aliphatic carbocycles. The molecule has 0 bridgehead atoms.